The maximum atomic E-state index is 11.8. The number of hydrogen-bond acceptors (Lipinski definition) is 4. The average Bonchev–Trinajstić information content (AvgIpc) is 2.96. The Bertz CT molecular complexity index is 436. The third kappa shape index (κ3) is 4.85. The van der Waals surface area contributed by atoms with Gasteiger partial charge in [-0.05, 0) is 47.3 Å². The number of nitrogens with zero attached hydrogens (tertiary/aromatic N) is 1. The van der Waals surface area contributed by atoms with E-state index in [1.807, 2.05) is 0 Å². The summed E-state index contributed by atoms with van der Waals surface area (Å²) in [5.41, 5.74) is 0.410. The van der Waals surface area contributed by atoms with E-state index in [0.717, 1.165) is 25.9 Å². The Morgan fingerprint density at radius 2 is 2.50 bits per heavy atom. The van der Waals surface area contributed by atoms with Crippen molar-refractivity contribution in [1.82, 2.24) is 10.3 Å². The number of rotatable bonds is 7. The van der Waals surface area contributed by atoms with Gasteiger partial charge in [-0.1, -0.05) is 0 Å². The summed E-state index contributed by atoms with van der Waals surface area (Å²) in [7, 11) is 0. The zero-order chi connectivity index (χ0) is 14.2. The molecular weight excluding hydrogens is 324 g/mol. The number of hydrogen-bond donors (Lipinski definition) is 1. The van der Waals surface area contributed by atoms with Crippen molar-refractivity contribution >= 4 is 21.8 Å². The van der Waals surface area contributed by atoms with Crippen LogP contribution in [0.4, 0.5) is 0 Å². The predicted octanol–water partition coefficient (Wildman–Crippen LogP) is 2.16. The molecule has 6 heteroatoms. The van der Waals surface area contributed by atoms with Crippen LogP contribution in [0.15, 0.2) is 22.8 Å². The van der Waals surface area contributed by atoms with Crippen LogP contribution < -0.4 is 5.32 Å². The van der Waals surface area contributed by atoms with Crippen LogP contribution in [-0.4, -0.2) is 43.4 Å². The van der Waals surface area contributed by atoms with Gasteiger partial charge in [0.2, 0.25) is 0 Å². The van der Waals surface area contributed by atoms with E-state index in [0.29, 0.717) is 29.9 Å². The summed E-state index contributed by atoms with van der Waals surface area (Å²) in [6.45, 7) is 2.71. The molecule has 1 atom stereocenters. The van der Waals surface area contributed by atoms with Crippen LogP contribution >= 0.6 is 15.9 Å². The Balaban J connectivity index is 1.56. The van der Waals surface area contributed by atoms with Gasteiger partial charge in [0.1, 0.15) is 5.69 Å². The summed E-state index contributed by atoms with van der Waals surface area (Å²) in [5.74, 6) is -0.170. The van der Waals surface area contributed by atoms with Crippen molar-refractivity contribution < 1.29 is 14.3 Å². The van der Waals surface area contributed by atoms with E-state index in [4.69, 9.17) is 9.47 Å². The molecule has 0 spiro atoms. The molecule has 20 heavy (non-hydrogen) atoms. The molecule has 1 amide bonds. The second-order valence-electron chi connectivity index (χ2n) is 4.65. The predicted molar refractivity (Wildman–Crippen MR) is 78.7 cm³/mol. The first kappa shape index (κ1) is 15.4. The highest BCUT2D eigenvalue weighted by Crippen LogP contribution is 2.13. The molecule has 1 unspecified atom stereocenters. The highest BCUT2D eigenvalue weighted by molar-refractivity contribution is 9.10. The SMILES string of the molecule is O=C(NCCCOCC1CCCO1)c1ncccc1Br. The number of ether oxygens (including phenoxy) is 2. The lowest BCUT2D eigenvalue weighted by atomic mass is 10.2. The number of amides is 1. The molecule has 1 aromatic rings. The highest BCUT2D eigenvalue weighted by Gasteiger charge is 2.15. The van der Waals surface area contributed by atoms with E-state index in [1.54, 1.807) is 18.3 Å². The van der Waals surface area contributed by atoms with E-state index in [1.165, 1.54) is 0 Å². The van der Waals surface area contributed by atoms with E-state index in [9.17, 15) is 4.79 Å². The second-order valence-corrected chi connectivity index (χ2v) is 5.51. The van der Waals surface area contributed by atoms with Crippen molar-refractivity contribution in [2.24, 2.45) is 0 Å². The van der Waals surface area contributed by atoms with E-state index < -0.39 is 0 Å². The van der Waals surface area contributed by atoms with Crippen LogP contribution in [0.3, 0.4) is 0 Å². The molecule has 0 radical (unpaired) electrons. The number of pyridine rings is 1. The number of aromatic nitrogens is 1. The zero-order valence-corrected chi connectivity index (χ0v) is 12.9. The highest BCUT2D eigenvalue weighted by atomic mass is 79.9. The summed E-state index contributed by atoms with van der Waals surface area (Å²) in [6.07, 6.45) is 4.86. The zero-order valence-electron chi connectivity index (χ0n) is 11.3. The van der Waals surface area contributed by atoms with Crippen LogP contribution in [0.2, 0.25) is 0 Å². The Morgan fingerprint density at radius 1 is 1.60 bits per heavy atom. The summed E-state index contributed by atoms with van der Waals surface area (Å²) in [4.78, 5) is 15.9. The lowest BCUT2D eigenvalue weighted by Crippen LogP contribution is -2.26. The van der Waals surface area contributed by atoms with Gasteiger partial charge >= 0.3 is 0 Å². The minimum absolute atomic E-state index is 0.170. The van der Waals surface area contributed by atoms with E-state index in [-0.39, 0.29) is 12.0 Å². The monoisotopic (exact) mass is 342 g/mol. The van der Waals surface area contributed by atoms with Gasteiger partial charge in [-0.3, -0.25) is 4.79 Å². The molecule has 1 aromatic heterocycles. The fourth-order valence-corrected chi connectivity index (χ4v) is 2.44. The number of nitrogens with one attached hydrogen (secondary N) is 1. The Kier molecular flexibility index (Phi) is 6.42. The smallest absolute Gasteiger partial charge is 0.271 e. The molecule has 1 saturated heterocycles. The molecule has 1 N–H and O–H groups in total. The van der Waals surface area contributed by atoms with Crippen molar-refractivity contribution in [3.8, 4) is 0 Å². The molecule has 0 aromatic carbocycles. The van der Waals surface area contributed by atoms with Crippen molar-refractivity contribution in [3.63, 3.8) is 0 Å². The third-order valence-electron chi connectivity index (χ3n) is 3.05. The van der Waals surface area contributed by atoms with Crippen LogP contribution in [0.25, 0.3) is 0 Å². The quantitative estimate of drug-likeness (QED) is 0.771. The van der Waals surface area contributed by atoms with Crippen LogP contribution in [0, 0.1) is 0 Å². The van der Waals surface area contributed by atoms with Crippen molar-refractivity contribution in [2.45, 2.75) is 25.4 Å². The Labute approximate surface area is 127 Å². The molecule has 110 valence electrons. The van der Waals surface area contributed by atoms with Gasteiger partial charge in [-0.15, -0.1) is 0 Å². The van der Waals surface area contributed by atoms with E-state index in [2.05, 4.69) is 26.2 Å². The fourth-order valence-electron chi connectivity index (χ4n) is 2.00. The first-order valence-electron chi connectivity index (χ1n) is 6.85. The Morgan fingerprint density at radius 3 is 3.25 bits per heavy atom. The van der Waals surface area contributed by atoms with Crippen molar-refractivity contribution in [3.05, 3.63) is 28.5 Å². The van der Waals surface area contributed by atoms with Gasteiger partial charge in [-0.2, -0.15) is 0 Å². The molecule has 2 rings (SSSR count). The minimum atomic E-state index is -0.170. The average molecular weight is 343 g/mol. The molecule has 0 aliphatic carbocycles. The normalized spacial score (nSPS) is 18.1. The molecule has 0 saturated carbocycles. The summed E-state index contributed by atoms with van der Waals surface area (Å²) in [5, 5.41) is 2.83. The van der Waals surface area contributed by atoms with Gasteiger partial charge in [-0.25, -0.2) is 4.98 Å². The third-order valence-corrected chi connectivity index (χ3v) is 3.69. The minimum Gasteiger partial charge on any atom is -0.379 e. The maximum Gasteiger partial charge on any atom is 0.271 e. The largest absolute Gasteiger partial charge is 0.379 e. The molecule has 0 bridgehead atoms. The first-order valence-corrected chi connectivity index (χ1v) is 7.65. The van der Waals surface area contributed by atoms with Gasteiger partial charge in [0, 0.05) is 30.4 Å². The molecule has 1 aliphatic rings. The fraction of sp³-hybridized carbons (Fsp3) is 0.571. The van der Waals surface area contributed by atoms with Crippen LogP contribution in [-0.2, 0) is 9.47 Å². The van der Waals surface area contributed by atoms with Crippen LogP contribution in [0.1, 0.15) is 29.8 Å². The van der Waals surface area contributed by atoms with Gasteiger partial charge in [0.05, 0.1) is 12.7 Å². The Hall–Kier alpha value is -0.980. The molecule has 5 nitrogen and oxygen atoms in total. The number of carbonyl (C=O) groups is 1. The van der Waals surface area contributed by atoms with Crippen LogP contribution in [0.5, 0.6) is 0 Å². The van der Waals surface area contributed by atoms with Gasteiger partial charge in [0.25, 0.3) is 5.91 Å². The lowest BCUT2D eigenvalue weighted by molar-refractivity contribution is 0.0166. The second kappa shape index (κ2) is 8.34. The summed E-state index contributed by atoms with van der Waals surface area (Å²) in [6, 6.07) is 3.58. The standard InChI is InChI=1S/C14H19BrN2O3/c15-12-5-1-6-16-13(12)14(18)17-7-3-8-19-10-11-4-2-9-20-11/h1,5-6,11H,2-4,7-10H2,(H,17,18). The summed E-state index contributed by atoms with van der Waals surface area (Å²) >= 11 is 3.31. The van der Waals surface area contributed by atoms with Gasteiger partial charge < -0.3 is 14.8 Å². The molecule has 1 fully saturated rings. The van der Waals surface area contributed by atoms with E-state index >= 15 is 0 Å². The molecule has 2 heterocycles. The maximum absolute atomic E-state index is 11.8. The first-order chi connectivity index (χ1) is 9.77. The molecule has 1 aliphatic heterocycles. The van der Waals surface area contributed by atoms with Gasteiger partial charge in [0.15, 0.2) is 0 Å². The molecular formula is C14H19BrN2O3. The number of carbonyl (C=O) groups excluding carboxylic acids is 1. The topological polar surface area (TPSA) is 60.5 Å². The van der Waals surface area contributed by atoms with Crippen molar-refractivity contribution in [2.75, 3.05) is 26.4 Å². The lowest BCUT2D eigenvalue weighted by Gasteiger charge is -2.10. The van der Waals surface area contributed by atoms with Crippen molar-refractivity contribution in [1.29, 1.82) is 0 Å². The number of halogens is 1. The summed E-state index contributed by atoms with van der Waals surface area (Å²) < 4.78 is 11.7.